The summed E-state index contributed by atoms with van der Waals surface area (Å²) in [5.41, 5.74) is 1.04. The van der Waals surface area contributed by atoms with Gasteiger partial charge in [-0.1, -0.05) is 12.1 Å². The van der Waals surface area contributed by atoms with Crippen molar-refractivity contribution in [3.63, 3.8) is 0 Å². The van der Waals surface area contributed by atoms with E-state index in [9.17, 15) is 32.3 Å². The number of hydrogen-bond acceptors (Lipinski definition) is 10. The summed E-state index contributed by atoms with van der Waals surface area (Å²) in [5, 5.41) is 8.12. The minimum atomic E-state index is -4.65. The van der Waals surface area contributed by atoms with E-state index in [1.807, 2.05) is 29.1 Å². The Morgan fingerprint density at radius 1 is 0.893 bits per heavy atom. The normalized spacial score (nSPS) is 21.4. The van der Waals surface area contributed by atoms with Gasteiger partial charge in [-0.2, -0.15) is 18.3 Å². The highest BCUT2D eigenvalue weighted by Crippen LogP contribution is 2.35. The Balaban J connectivity index is 0.839. The number of imide groups is 1. The molecule has 0 bridgehead atoms. The van der Waals surface area contributed by atoms with Gasteiger partial charge < -0.3 is 9.32 Å². The highest BCUT2D eigenvalue weighted by Gasteiger charge is 2.34. The predicted molar refractivity (Wildman–Crippen MR) is 200 cm³/mol. The quantitative estimate of drug-likeness (QED) is 0.234. The molecule has 2 aliphatic heterocycles. The molecule has 56 heavy (non-hydrogen) atoms. The lowest BCUT2D eigenvalue weighted by Gasteiger charge is -2.39. The zero-order valence-corrected chi connectivity index (χ0v) is 30.5. The van der Waals surface area contributed by atoms with Crippen molar-refractivity contribution in [2.24, 2.45) is 13.0 Å². The van der Waals surface area contributed by atoms with Crippen LogP contribution in [0.15, 0.2) is 68.7 Å². The van der Waals surface area contributed by atoms with Crippen LogP contribution in [0.1, 0.15) is 56.3 Å². The number of carbonyl (C=O) groups is 2. The highest BCUT2D eigenvalue weighted by atomic mass is 19.4. The van der Waals surface area contributed by atoms with Crippen molar-refractivity contribution >= 4 is 50.3 Å². The fourth-order valence-electron chi connectivity index (χ4n) is 8.65. The molecule has 9 rings (SSSR count). The first-order valence-electron chi connectivity index (χ1n) is 18.8. The van der Waals surface area contributed by atoms with E-state index in [-0.39, 0.29) is 46.5 Å². The zero-order chi connectivity index (χ0) is 38.9. The van der Waals surface area contributed by atoms with Crippen molar-refractivity contribution in [2.45, 2.75) is 56.8 Å². The molecular weight excluding hydrogens is 731 g/mol. The first kappa shape index (κ1) is 35.8. The first-order chi connectivity index (χ1) is 26.9. The summed E-state index contributed by atoms with van der Waals surface area (Å²) in [7, 11) is 1.73. The Hall–Kier alpha value is -5.84. The van der Waals surface area contributed by atoms with Crippen LogP contribution in [0.5, 0.6) is 0 Å². The number of alkyl halides is 3. The second kappa shape index (κ2) is 13.7. The molecule has 4 aromatic heterocycles. The fourth-order valence-corrected chi connectivity index (χ4v) is 8.65. The van der Waals surface area contributed by atoms with Crippen molar-refractivity contribution in [2.75, 3.05) is 37.6 Å². The third-order valence-electron chi connectivity index (χ3n) is 11.6. The molecule has 6 aromatic rings. The van der Waals surface area contributed by atoms with Gasteiger partial charge in [0.1, 0.15) is 17.4 Å². The van der Waals surface area contributed by atoms with Crippen LogP contribution >= 0.6 is 0 Å². The Bertz CT molecular complexity index is 2650. The van der Waals surface area contributed by atoms with Crippen LogP contribution in [0.2, 0.25) is 0 Å². The standard InChI is InChI=1S/C39H38F3N9O5/c1-47-34-29(5-3-6-30(34)51(38(47)55)31-12-13-33(52)45-35(31)53)49-16-14-48(15-17-49)20-22-8-10-24(11-9-22)50-21-23-18-28-25(19-27(23)46-50)37(54)56-36(44-28)26-4-2-7-32(43-26)39(40,41)42/h2-7,18-19,21-22,24,31H,8-17,20H2,1H3,(H,45,52,53)/t22-,24-,31?. The molecule has 1 saturated carbocycles. The summed E-state index contributed by atoms with van der Waals surface area (Å²) in [4.78, 5) is 63.6. The molecule has 1 aliphatic carbocycles. The lowest BCUT2D eigenvalue weighted by molar-refractivity contribution is -0.141. The number of benzene rings is 2. The Morgan fingerprint density at radius 2 is 1.66 bits per heavy atom. The average Bonchev–Trinajstić information content (AvgIpc) is 3.71. The van der Waals surface area contributed by atoms with Crippen molar-refractivity contribution in [1.29, 1.82) is 0 Å². The summed E-state index contributed by atoms with van der Waals surface area (Å²) < 4.78 is 50.1. The van der Waals surface area contributed by atoms with Crippen LogP contribution in [0.3, 0.4) is 0 Å². The number of aryl methyl sites for hydroxylation is 1. The lowest BCUT2D eigenvalue weighted by atomic mass is 9.85. The fraction of sp³-hybridized carbons (Fsp3) is 0.410. The molecule has 1 unspecified atom stereocenters. The number of anilines is 1. The number of amides is 2. The molecule has 3 aliphatic rings. The second-order valence-electron chi connectivity index (χ2n) is 15.0. The Labute approximate surface area is 316 Å². The van der Waals surface area contributed by atoms with E-state index in [0.29, 0.717) is 23.4 Å². The van der Waals surface area contributed by atoms with E-state index >= 15 is 0 Å². The topological polar surface area (TPSA) is 153 Å². The average molecular weight is 770 g/mol. The SMILES string of the molecule is Cn1c(=O)n(C2CCC(=O)NC2=O)c2cccc(N3CCN(C[C@H]4CC[C@H](n5cc6cc7nc(-c8cccc(C(F)(F)F)n8)oc(=O)c7cc6n5)CC4)CC3)c21. The van der Waals surface area contributed by atoms with Crippen molar-refractivity contribution in [1.82, 2.24) is 39.1 Å². The van der Waals surface area contributed by atoms with Gasteiger partial charge >= 0.3 is 17.5 Å². The van der Waals surface area contributed by atoms with Gasteiger partial charge in [0, 0.05) is 57.8 Å². The lowest BCUT2D eigenvalue weighted by Crippen LogP contribution is -2.48. The summed E-state index contributed by atoms with van der Waals surface area (Å²) in [5.74, 6) is -0.515. The maximum atomic E-state index is 13.4. The predicted octanol–water partition coefficient (Wildman–Crippen LogP) is 4.80. The number of nitrogens with zero attached hydrogens (tertiary/aromatic N) is 8. The largest absolute Gasteiger partial charge is 0.433 e. The minimum absolute atomic E-state index is 0.182. The van der Waals surface area contributed by atoms with Gasteiger partial charge in [-0.15, -0.1) is 0 Å². The van der Waals surface area contributed by atoms with Crippen LogP contribution in [0.4, 0.5) is 18.9 Å². The van der Waals surface area contributed by atoms with Gasteiger partial charge in [-0.25, -0.2) is 19.6 Å². The smallest absolute Gasteiger partial charge is 0.401 e. The molecule has 1 atom stereocenters. The molecule has 14 nitrogen and oxygen atoms in total. The van der Waals surface area contributed by atoms with Gasteiger partial charge in [-0.05, 0) is 74.4 Å². The summed E-state index contributed by atoms with van der Waals surface area (Å²) >= 11 is 0. The number of para-hydroxylation sites is 1. The molecule has 290 valence electrons. The number of fused-ring (bicyclic) bond motifs is 3. The van der Waals surface area contributed by atoms with E-state index in [1.54, 1.807) is 23.7 Å². The van der Waals surface area contributed by atoms with Crippen LogP contribution in [0, 0.1) is 5.92 Å². The van der Waals surface area contributed by atoms with Gasteiger partial charge in [0.25, 0.3) is 0 Å². The van der Waals surface area contributed by atoms with Gasteiger partial charge in [0.2, 0.25) is 17.7 Å². The summed E-state index contributed by atoms with van der Waals surface area (Å²) in [6.07, 6.45) is 1.74. The van der Waals surface area contributed by atoms with E-state index in [0.717, 1.165) is 81.1 Å². The number of rotatable bonds is 6. The van der Waals surface area contributed by atoms with Crippen LogP contribution in [-0.2, 0) is 22.8 Å². The number of halogens is 3. The molecular formula is C39H38F3N9O5. The van der Waals surface area contributed by atoms with E-state index in [4.69, 9.17) is 9.52 Å². The van der Waals surface area contributed by atoms with Crippen molar-refractivity contribution in [3.05, 3.63) is 81.3 Å². The molecule has 0 radical (unpaired) electrons. The molecule has 2 amide bonds. The number of piperidine rings is 1. The Kier molecular flexibility index (Phi) is 8.78. The maximum Gasteiger partial charge on any atom is 0.433 e. The van der Waals surface area contributed by atoms with Gasteiger partial charge in [0.05, 0.1) is 39.2 Å². The third kappa shape index (κ3) is 6.42. The molecule has 2 saturated heterocycles. The third-order valence-corrected chi connectivity index (χ3v) is 11.6. The zero-order valence-electron chi connectivity index (χ0n) is 30.5. The van der Waals surface area contributed by atoms with E-state index in [2.05, 4.69) is 25.1 Å². The van der Waals surface area contributed by atoms with Crippen LogP contribution in [-0.4, -0.2) is 78.3 Å². The monoisotopic (exact) mass is 769 g/mol. The number of carbonyl (C=O) groups excluding carboxylic acids is 2. The molecule has 17 heteroatoms. The molecule has 0 spiro atoms. The number of hydrogen-bond donors (Lipinski definition) is 1. The van der Waals surface area contributed by atoms with E-state index < -0.39 is 29.4 Å². The highest BCUT2D eigenvalue weighted by molar-refractivity contribution is 6.00. The number of imidazole rings is 1. The molecule has 6 heterocycles. The van der Waals surface area contributed by atoms with Crippen LogP contribution < -0.4 is 21.5 Å². The van der Waals surface area contributed by atoms with Crippen LogP contribution in [0.25, 0.3) is 44.4 Å². The number of pyridine rings is 1. The number of piperazine rings is 1. The molecule has 1 N–H and O–H groups in total. The van der Waals surface area contributed by atoms with Crippen molar-refractivity contribution < 1.29 is 27.2 Å². The van der Waals surface area contributed by atoms with E-state index in [1.165, 1.54) is 16.7 Å². The summed E-state index contributed by atoms with van der Waals surface area (Å²) in [6.45, 7) is 4.34. The summed E-state index contributed by atoms with van der Waals surface area (Å²) in [6, 6.07) is 11.9. The number of aromatic nitrogens is 6. The number of nitrogens with one attached hydrogen (secondary N) is 1. The minimum Gasteiger partial charge on any atom is -0.401 e. The first-order valence-corrected chi connectivity index (χ1v) is 18.8. The van der Waals surface area contributed by atoms with Gasteiger partial charge in [0.15, 0.2) is 0 Å². The maximum absolute atomic E-state index is 13.4. The van der Waals surface area contributed by atoms with Crippen molar-refractivity contribution in [3.8, 4) is 11.6 Å². The molecule has 2 aromatic carbocycles. The Morgan fingerprint density at radius 3 is 2.41 bits per heavy atom. The second-order valence-corrected chi connectivity index (χ2v) is 15.0. The van der Waals surface area contributed by atoms with Gasteiger partial charge in [-0.3, -0.25) is 33.6 Å². The molecule has 3 fully saturated rings.